The number of non-ortho nitro benzene ring substituents is 1. The van der Waals surface area contributed by atoms with Crippen molar-refractivity contribution in [3.8, 4) is 11.8 Å². The first kappa shape index (κ1) is 16.3. The SMILES string of the molecule is N#Cc1ccccc1OCC(=O)Nc1cc([N+](=O)[O-])ccc1Cl. The lowest BCUT2D eigenvalue weighted by Gasteiger charge is -2.09. The minimum absolute atomic E-state index is 0.114. The number of ether oxygens (including phenoxy) is 1. The van der Waals surface area contributed by atoms with Crippen LogP contribution in [-0.2, 0) is 4.79 Å². The second-order valence-electron chi connectivity index (χ2n) is 4.37. The summed E-state index contributed by atoms with van der Waals surface area (Å²) in [7, 11) is 0. The first-order valence-corrected chi connectivity index (χ1v) is 6.75. The Balaban J connectivity index is 2.04. The van der Waals surface area contributed by atoms with Crippen LogP contribution in [-0.4, -0.2) is 17.4 Å². The molecular formula is C15H10ClN3O4. The second kappa shape index (κ2) is 7.24. The maximum atomic E-state index is 11.9. The number of hydrogen-bond donors (Lipinski definition) is 1. The predicted octanol–water partition coefficient (Wildman–Crippen LogP) is 3.14. The van der Waals surface area contributed by atoms with E-state index in [0.29, 0.717) is 5.56 Å². The predicted molar refractivity (Wildman–Crippen MR) is 83.4 cm³/mol. The average molecular weight is 332 g/mol. The average Bonchev–Trinajstić information content (AvgIpc) is 2.55. The highest BCUT2D eigenvalue weighted by atomic mass is 35.5. The van der Waals surface area contributed by atoms with Crippen LogP contribution >= 0.6 is 11.6 Å². The molecule has 0 atom stereocenters. The zero-order chi connectivity index (χ0) is 16.8. The van der Waals surface area contributed by atoms with Crippen molar-refractivity contribution in [2.24, 2.45) is 0 Å². The van der Waals surface area contributed by atoms with Crippen molar-refractivity contribution in [1.82, 2.24) is 0 Å². The van der Waals surface area contributed by atoms with Gasteiger partial charge in [0.1, 0.15) is 11.8 Å². The molecule has 0 unspecified atom stereocenters. The van der Waals surface area contributed by atoms with Gasteiger partial charge in [0.15, 0.2) is 6.61 Å². The van der Waals surface area contributed by atoms with E-state index in [-0.39, 0.29) is 28.8 Å². The molecule has 0 aliphatic heterocycles. The highest BCUT2D eigenvalue weighted by Gasteiger charge is 2.13. The van der Waals surface area contributed by atoms with Gasteiger partial charge in [0.05, 0.1) is 21.2 Å². The molecule has 0 aliphatic carbocycles. The molecule has 0 saturated carbocycles. The molecule has 0 heterocycles. The number of para-hydroxylation sites is 1. The van der Waals surface area contributed by atoms with Gasteiger partial charge in [-0.3, -0.25) is 14.9 Å². The number of amides is 1. The molecule has 1 amide bonds. The number of nitrogens with one attached hydrogen (secondary N) is 1. The number of nitriles is 1. The third-order valence-corrected chi connectivity index (χ3v) is 3.13. The lowest BCUT2D eigenvalue weighted by molar-refractivity contribution is -0.384. The summed E-state index contributed by atoms with van der Waals surface area (Å²) in [5.74, 6) is -0.282. The smallest absolute Gasteiger partial charge is 0.271 e. The summed E-state index contributed by atoms with van der Waals surface area (Å²) in [5.41, 5.74) is 0.220. The summed E-state index contributed by atoms with van der Waals surface area (Å²) in [5, 5.41) is 22.2. The quantitative estimate of drug-likeness (QED) is 0.669. The third kappa shape index (κ3) is 4.18. The number of hydrogen-bond acceptors (Lipinski definition) is 5. The van der Waals surface area contributed by atoms with E-state index in [1.165, 1.54) is 12.1 Å². The lowest BCUT2D eigenvalue weighted by atomic mass is 10.2. The van der Waals surface area contributed by atoms with Crippen LogP contribution in [0.1, 0.15) is 5.56 Å². The zero-order valence-electron chi connectivity index (χ0n) is 11.7. The van der Waals surface area contributed by atoms with Crippen molar-refractivity contribution in [3.63, 3.8) is 0 Å². The van der Waals surface area contributed by atoms with E-state index in [4.69, 9.17) is 21.6 Å². The Hall–Kier alpha value is -3.11. The molecule has 0 bridgehead atoms. The number of nitro groups is 1. The molecule has 0 saturated heterocycles. The molecule has 1 N–H and O–H groups in total. The number of nitrogens with zero attached hydrogens (tertiary/aromatic N) is 2. The van der Waals surface area contributed by atoms with Crippen LogP contribution in [0.4, 0.5) is 11.4 Å². The molecule has 8 heteroatoms. The minimum Gasteiger partial charge on any atom is -0.482 e. The molecule has 0 aliphatic rings. The van der Waals surface area contributed by atoms with Gasteiger partial charge >= 0.3 is 0 Å². The highest BCUT2D eigenvalue weighted by Crippen LogP contribution is 2.26. The largest absolute Gasteiger partial charge is 0.482 e. The second-order valence-corrected chi connectivity index (χ2v) is 4.77. The number of carbonyl (C=O) groups is 1. The first-order valence-electron chi connectivity index (χ1n) is 6.37. The molecule has 2 aromatic rings. The van der Waals surface area contributed by atoms with E-state index in [0.717, 1.165) is 6.07 Å². The van der Waals surface area contributed by atoms with E-state index < -0.39 is 10.8 Å². The number of nitro benzene ring substituents is 1. The molecule has 0 fully saturated rings. The van der Waals surface area contributed by atoms with Gasteiger partial charge in [0, 0.05) is 12.1 Å². The maximum Gasteiger partial charge on any atom is 0.271 e. The number of rotatable bonds is 5. The van der Waals surface area contributed by atoms with Crippen LogP contribution in [0.3, 0.4) is 0 Å². The van der Waals surface area contributed by atoms with Gasteiger partial charge in [0.25, 0.3) is 11.6 Å². The zero-order valence-corrected chi connectivity index (χ0v) is 12.4. The topological polar surface area (TPSA) is 105 Å². The minimum atomic E-state index is -0.592. The Morgan fingerprint density at radius 3 is 2.78 bits per heavy atom. The molecule has 2 aromatic carbocycles. The lowest BCUT2D eigenvalue weighted by Crippen LogP contribution is -2.20. The highest BCUT2D eigenvalue weighted by molar-refractivity contribution is 6.33. The van der Waals surface area contributed by atoms with Gasteiger partial charge in [-0.1, -0.05) is 23.7 Å². The number of halogens is 1. The first-order chi connectivity index (χ1) is 11.0. The van der Waals surface area contributed by atoms with Crippen molar-refractivity contribution in [2.45, 2.75) is 0 Å². The van der Waals surface area contributed by atoms with Gasteiger partial charge in [-0.25, -0.2) is 0 Å². The van der Waals surface area contributed by atoms with Crippen molar-refractivity contribution in [1.29, 1.82) is 5.26 Å². The Kier molecular flexibility index (Phi) is 5.12. The standard InChI is InChI=1S/C15H10ClN3O4/c16-12-6-5-11(19(21)22)7-13(12)18-15(20)9-23-14-4-2-1-3-10(14)8-17/h1-7H,9H2,(H,18,20). The van der Waals surface area contributed by atoms with Crippen molar-refractivity contribution < 1.29 is 14.5 Å². The number of carbonyl (C=O) groups excluding carboxylic acids is 1. The monoisotopic (exact) mass is 331 g/mol. The normalized spacial score (nSPS) is 9.74. The molecule has 7 nitrogen and oxygen atoms in total. The molecule has 2 rings (SSSR count). The molecular weight excluding hydrogens is 322 g/mol. The van der Waals surface area contributed by atoms with Crippen LogP contribution in [0.25, 0.3) is 0 Å². The summed E-state index contributed by atoms with van der Waals surface area (Å²) >= 11 is 5.89. The molecule has 0 aromatic heterocycles. The summed E-state index contributed by atoms with van der Waals surface area (Å²) in [6.45, 7) is -0.363. The van der Waals surface area contributed by atoms with E-state index in [2.05, 4.69) is 5.32 Å². The molecule has 0 spiro atoms. The van der Waals surface area contributed by atoms with Gasteiger partial charge in [-0.2, -0.15) is 5.26 Å². The van der Waals surface area contributed by atoms with E-state index >= 15 is 0 Å². The summed E-state index contributed by atoms with van der Waals surface area (Å²) in [4.78, 5) is 22.0. The molecule has 116 valence electrons. The number of benzene rings is 2. The fourth-order valence-electron chi connectivity index (χ4n) is 1.74. The fourth-order valence-corrected chi connectivity index (χ4v) is 1.90. The van der Waals surface area contributed by atoms with E-state index in [1.807, 2.05) is 6.07 Å². The van der Waals surface area contributed by atoms with Gasteiger partial charge in [0.2, 0.25) is 0 Å². The van der Waals surface area contributed by atoms with Crippen LogP contribution in [0.2, 0.25) is 5.02 Å². The van der Waals surface area contributed by atoms with Crippen molar-refractivity contribution in [2.75, 3.05) is 11.9 Å². The van der Waals surface area contributed by atoms with Gasteiger partial charge in [-0.05, 0) is 18.2 Å². The van der Waals surface area contributed by atoms with Crippen LogP contribution in [0.5, 0.6) is 5.75 Å². The Bertz CT molecular complexity index is 802. The third-order valence-electron chi connectivity index (χ3n) is 2.80. The van der Waals surface area contributed by atoms with Crippen LogP contribution in [0.15, 0.2) is 42.5 Å². The van der Waals surface area contributed by atoms with Crippen molar-refractivity contribution in [3.05, 3.63) is 63.2 Å². The van der Waals surface area contributed by atoms with Crippen LogP contribution < -0.4 is 10.1 Å². The fraction of sp³-hybridized carbons (Fsp3) is 0.0667. The Morgan fingerprint density at radius 1 is 1.35 bits per heavy atom. The summed E-state index contributed by atoms with van der Waals surface area (Å²) < 4.78 is 5.27. The van der Waals surface area contributed by atoms with Gasteiger partial charge < -0.3 is 10.1 Å². The summed E-state index contributed by atoms with van der Waals surface area (Å²) in [6.07, 6.45) is 0. The Morgan fingerprint density at radius 2 is 2.09 bits per heavy atom. The number of anilines is 1. The van der Waals surface area contributed by atoms with Gasteiger partial charge in [-0.15, -0.1) is 0 Å². The molecule has 23 heavy (non-hydrogen) atoms. The Labute approximate surface area is 136 Å². The van der Waals surface area contributed by atoms with Crippen molar-refractivity contribution >= 4 is 28.9 Å². The maximum absolute atomic E-state index is 11.9. The van der Waals surface area contributed by atoms with Crippen LogP contribution in [0, 0.1) is 21.4 Å². The molecule has 0 radical (unpaired) electrons. The van der Waals surface area contributed by atoms with E-state index in [9.17, 15) is 14.9 Å². The van der Waals surface area contributed by atoms with E-state index in [1.54, 1.807) is 24.3 Å². The summed E-state index contributed by atoms with van der Waals surface area (Å²) in [6, 6.07) is 12.1.